The summed E-state index contributed by atoms with van der Waals surface area (Å²) >= 11 is 0. The molecule has 0 aliphatic carbocycles. The minimum atomic E-state index is -0.981. The number of unbranched alkanes of at least 4 members (excludes halogenated alkanes) is 1. The number of methoxy groups -OCH3 is 2. The van der Waals surface area contributed by atoms with E-state index in [1.54, 1.807) is 14.2 Å². The van der Waals surface area contributed by atoms with E-state index in [2.05, 4.69) is 25.7 Å². The van der Waals surface area contributed by atoms with E-state index in [0.717, 1.165) is 30.3 Å². The van der Waals surface area contributed by atoms with Crippen LogP contribution in [0.2, 0.25) is 0 Å². The number of benzene rings is 1. The van der Waals surface area contributed by atoms with E-state index in [9.17, 15) is 14.4 Å². The van der Waals surface area contributed by atoms with Crippen molar-refractivity contribution in [2.45, 2.75) is 45.6 Å². The highest BCUT2D eigenvalue weighted by atomic mass is 16.5. The van der Waals surface area contributed by atoms with Crippen molar-refractivity contribution in [1.29, 1.82) is 0 Å². The van der Waals surface area contributed by atoms with Crippen LogP contribution in [0.5, 0.6) is 6.01 Å². The molecule has 0 bridgehead atoms. The Bertz CT molecular complexity index is 1340. The van der Waals surface area contributed by atoms with E-state index in [-0.39, 0.29) is 35.8 Å². The molecule has 4 rings (SSSR count). The Morgan fingerprint density at radius 3 is 2.35 bits per heavy atom. The number of rotatable bonds is 13. The number of nitrogens with zero attached hydrogens (tertiary/aromatic N) is 4. The highest BCUT2D eigenvalue weighted by molar-refractivity contribution is 5.94. The van der Waals surface area contributed by atoms with Gasteiger partial charge in [-0.3, -0.25) is 14.2 Å². The van der Waals surface area contributed by atoms with Crippen molar-refractivity contribution >= 4 is 23.9 Å². The topological polar surface area (TPSA) is 170 Å². The molecule has 3 heterocycles. The Labute approximate surface area is 282 Å². The maximum Gasteiger partial charge on any atom is 0.373 e. The number of imidazole rings is 1. The zero-order chi connectivity index (χ0) is 35.5. The lowest BCUT2D eigenvalue weighted by Gasteiger charge is -2.40. The summed E-state index contributed by atoms with van der Waals surface area (Å²) < 4.78 is 18.4. The SMILES string of the molecule is C=CC(=O)O.COCCCCc1c(C(=O)N(CC(C)C)[C@@H]2CNC[C@H](C(=O)N3CCOCC3)C2)nc(OC)n1-c1ccccc1.O=C=O. The molecule has 0 radical (unpaired) electrons. The monoisotopic (exact) mass is 671 g/mol. The Morgan fingerprint density at radius 2 is 1.79 bits per heavy atom. The van der Waals surface area contributed by atoms with Gasteiger partial charge in [0.2, 0.25) is 5.91 Å². The summed E-state index contributed by atoms with van der Waals surface area (Å²) in [6.07, 6.45) is 4.09. The maximum absolute atomic E-state index is 14.4. The summed E-state index contributed by atoms with van der Waals surface area (Å²) in [7, 11) is 3.29. The fourth-order valence-corrected chi connectivity index (χ4v) is 5.67. The van der Waals surface area contributed by atoms with E-state index in [1.165, 1.54) is 0 Å². The minimum Gasteiger partial charge on any atom is -0.478 e. The molecule has 2 N–H and O–H groups in total. The second kappa shape index (κ2) is 21.5. The number of nitrogens with one attached hydrogen (secondary N) is 1. The van der Waals surface area contributed by atoms with Gasteiger partial charge in [-0.1, -0.05) is 38.6 Å². The summed E-state index contributed by atoms with van der Waals surface area (Å²) in [6, 6.07) is 10.2. The molecule has 264 valence electrons. The predicted octanol–water partition coefficient (Wildman–Crippen LogP) is 2.46. The third-order valence-electron chi connectivity index (χ3n) is 7.79. The zero-order valence-corrected chi connectivity index (χ0v) is 28.4. The number of carbonyl (C=O) groups excluding carboxylic acids is 4. The molecule has 0 unspecified atom stereocenters. The van der Waals surface area contributed by atoms with E-state index >= 15 is 0 Å². The number of piperidine rings is 1. The molecule has 2 aliphatic rings. The van der Waals surface area contributed by atoms with Gasteiger partial charge < -0.3 is 34.4 Å². The van der Waals surface area contributed by atoms with Crippen molar-refractivity contribution < 1.29 is 43.3 Å². The van der Waals surface area contributed by atoms with Gasteiger partial charge in [-0.2, -0.15) is 14.6 Å². The normalized spacial score (nSPS) is 17.1. The number of ether oxygens (including phenoxy) is 3. The average molecular weight is 672 g/mol. The molecule has 1 aromatic carbocycles. The molecule has 1 aromatic heterocycles. The van der Waals surface area contributed by atoms with Crippen LogP contribution in [0.15, 0.2) is 43.0 Å². The molecule has 0 saturated carbocycles. The van der Waals surface area contributed by atoms with Gasteiger partial charge in [0.25, 0.3) is 5.91 Å². The van der Waals surface area contributed by atoms with E-state index in [4.69, 9.17) is 33.9 Å². The Kier molecular flexibility index (Phi) is 17.8. The lowest BCUT2D eigenvalue weighted by Crippen LogP contribution is -2.56. The van der Waals surface area contributed by atoms with Crippen LogP contribution in [0.1, 0.15) is 49.3 Å². The molecular formula is C34H49N5O9. The average Bonchev–Trinajstić information content (AvgIpc) is 3.48. The van der Waals surface area contributed by atoms with Crippen molar-refractivity contribution in [2.24, 2.45) is 11.8 Å². The summed E-state index contributed by atoms with van der Waals surface area (Å²) in [5.41, 5.74) is 2.15. The third-order valence-corrected chi connectivity index (χ3v) is 7.79. The number of amides is 2. The Hall–Kier alpha value is -4.36. The van der Waals surface area contributed by atoms with Gasteiger partial charge in [-0.05, 0) is 43.7 Å². The smallest absolute Gasteiger partial charge is 0.373 e. The molecule has 14 nitrogen and oxygen atoms in total. The molecule has 2 amide bonds. The van der Waals surface area contributed by atoms with Gasteiger partial charge in [-0.25, -0.2) is 4.79 Å². The summed E-state index contributed by atoms with van der Waals surface area (Å²) in [5.74, 6) is -0.877. The lowest BCUT2D eigenvalue weighted by molar-refractivity contribution is -0.191. The van der Waals surface area contributed by atoms with Crippen LogP contribution < -0.4 is 10.1 Å². The van der Waals surface area contributed by atoms with Crippen molar-refractivity contribution in [2.75, 3.05) is 66.8 Å². The fourth-order valence-electron chi connectivity index (χ4n) is 5.67. The molecular weight excluding hydrogens is 622 g/mol. The van der Waals surface area contributed by atoms with E-state index in [0.29, 0.717) is 77.1 Å². The van der Waals surface area contributed by atoms with Crippen LogP contribution in [0.25, 0.3) is 5.69 Å². The van der Waals surface area contributed by atoms with Crippen LogP contribution in [0, 0.1) is 11.8 Å². The van der Waals surface area contributed by atoms with Gasteiger partial charge in [0.15, 0.2) is 5.69 Å². The Morgan fingerprint density at radius 1 is 1.15 bits per heavy atom. The molecule has 2 atom stereocenters. The number of carboxylic acid groups (broad SMARTS) is 1. The maximum atomic E-state index is 14.4. The van der Waals surface area contributed by atoms with Gasteiger partial charge in [0.1, 0.15) is 0 Å². The third kappa shape index (κ3) is 12.0. The van der Waals surface area contributed by atoms with Crippen LogP contribution >= 0.6 is 0 Å². The zero-order valence-electron chi connectivity index (χ0n) is 28.4. The molecule has 0 spiro atoms. The Balaban J connectivity index is 0.000000900. The second-order valence-corrected chi connectivity index (χ2v) is 11.7. The van der Waals surface area contributed by atoms with E-state index in [1.807, 2.05) is 44.7 Å². The number of para-hydroxylation sites is 1. The molecule has 2 fully saturated rings. The molecule has 48 heavy (non-hydrogen) atoms. The first-order valence-corrected chi connectivity index (χ1v) is 16.1. The van der Waals surface area contributed by atoms with Crippen LogP contribution in [-0.2, 0) is 35.1 Å². The van der Waals surface area contributed by atoms with Crippen molar-refractivity contribution in [3.05, 3.63) is 54.4 Å². The fraction of sp³-hybridized carbons (Fsp3) is 0.559. The number of aromatic nitrogens is 2. The highest BCUT2D eigenvalue weighted by Crippen LogP contribution is 2.29. The van der Waals surface area contributed by atoms with Crippen LogP contribution in [0.3, 0.4) is 0 Å². The second-order valence-electron chi connectivity index (χ2n) is 11.7. The first-order chi connectivity index (χ1) is 23.1. The predicted molar refractivity (Wildman–Crippen MR) is 176 cm³/mol. The van der Waals surface area contributed by atoms with Crippen molar-refractivity contribution in [3.8, 4) is 11.7 Å². The minimum absolute atomic E-state index is 0.116. The van der Waals surface area contributed by atoms with Gasteiger partial charge in [0, 0.05) is 58.6 Å². The summed E-state index contributed by atoms with van der Waals surface area (Å²) in [4.78, 5) is 61.8. The summed E-state index contributed by atoms with van der Waals surface area (Å²) in [6.45, 7) is 12.1. The lowest BCUT2D eigenvalue weighted by atomic mass is 9.92. The van der Waals surface area contributed by atoms with E-state index < -0.39 is 5.97 Å². The number of hydrogen-bond donors (Lipinski definition) is 2. The molecule has 2 aromatic rings. The standard InChI is InChI=1S/C30H45N5O5.C3H4O2.CO2/c1-22(2)21-34(25-18-23(19-31-20-25)28(36)33-13-16-40-17-14-33)29(37)27-26(12-8-9-15-38-3)35(30(32-27)39-4)24-10-6-5-7-11-24;1-2-3(4)5;2-1-3/h5-7,10-11,22-23,25,31H,8-9,12-21H2,1-4H3;2H,1H2,(H,4,5);/t23-,25+;;/m1../s1. The quantitative estimate of drug-likeness (QED) is 0.237. The van der Waals surface area contributed by atoms with Crippen molar-refractivity contribution in [1.82, 2.24) is 24.7 Å². The number of carboxylic acids is 1. The molecule has 2 saturated heterocycles. The molecule has 2 aliphatic heterocycles. The van der Waals surface area contributed by atoms with Gasteiger partial charge in [0.05, 0.1) is 37.6 Å². The first kappa shape index (κ1) is 39.8. The number of hydrogen-bond acceptors (Lipinski definition) is 10. The number of morpholine rings is 1. The van der Waals surface area contributed by atoms with Crippen molar-refractivity contribution in [3.63, 3.8) is 0 Å². The summed E-state index contributed by atoms with van der Waals surface area (Å²) in [5, 5.41) is 11.0. The molecule has 14 heteroatoms. The number of carbonyl (C=O) groups is 3. The largest absolute Gasteiger partial charge is 0.478 e. The number of aliphatic carboxylic acids is 1. The van der Waals surface area contributed by atoms with Gasteiger partial charge in [-0.15, -0.1) is 0 Å². The van der Waals surface area contributed by atoms with Crippen LogP contribution in [0.4, 0.5) is 0 Å². The van der Waals surface area contributed by atoms with Crippen LogP contribution in [-0.4, -0.2) is 121 Å². The van der Waals surface area contributed by atoms with Gasteiger partial charge >= 0.3 is 18.1 Å². The first-order valence-electron chi connectivity index (χ1n) is 16.1. The highest BCUT2D eigenvalue weighted by Gasteiger charge is 2.37.